The third-order valence-corrected chi connectivity index (χ3v) is 16.4. The molecule has 27 nitrogen and oxygen atoms in total. The summed E-state index contributed by atoms with van der Waals surface area (Å²) in [5.41, 5.74) is 1.49. The molecular formula is C67H101N7O20S. The molecule has 3 aromatic rings. The Hall–Kier alpha value is -7.55. The quantitative estimate of drug-likeness (QED) is 0.0152. The van der Waals surface area contributed by atoms with E-state index in [0.29, 0.717) is 133 Å². The Labute approximate surface area is 559 Å². The number of carbonyl (C=O) groups is 6. The molecule has 0 spiro atoms. The van der Waals surface area contributed by atoms with Crippen LogP contribution in [0.3, 0.4) is 0 Å². The summed E-state index contributed by atoms with van der Waals surface area (Å²) in [6, 6.07) is 14.0. The lowest BCUT2D eigenvalue weighted by Gasteiger charge is -2.22. The van der Waals surface area contributed by atoms with Crippen molar-refractivity contribution in [3.05, 3.63) is 53.6 Å². The monoisotopic (exact) mass is 1360 g/mol. The van der Waals surface area contributed by atoms with Crippen LogP contribution in [0.1, 0.15) is 165 Å². The van der Waals surface area contributed by atoms with Crippen molar-refractivity contribution in [2.75, 3.05) is 129 Å². The van der Waals surface area contributed by atoms with Gasteiger partial charge >= 0.3 is 35.8 Å². The third kappa shape index (κ3) is 36.2. The molecule has 5 N–H and O–H groups in total. The second kappa shape index (κ2) is 50.8. The van der Waals surface area contributed by atoms with Gasteiger partial charge in [-0.2, -0.15) is 5.26 Å². The predicted molar refractivity (Wildman–Crippen MR) is 353 cm³/mol. The summed E-state index contributed by atoms with van der Waals surface area (Å²) < 4.78 is 77.2. The van der Waals surface area contributed by atoms with E-state index in [0.717, 1.165) is 12.8 Å². The van der Waals surface area contributed by atoms with Gasteiger partial charge in [0.2, 0.25) is 0 Å². The number of nitrogens with one attached hydrogen (secondary N) is 2. The molecule has 1 aromatic heterocycles. The minimum atomic E-state index is -4.12. The van der Waals surface area contributed by atoms with Gasteiger partial charge in [0.1, 0.15) is 59.5 Å². The fraction of sp³-hybridized carbons (Fsp3) is 0.642. The minimum absolute atomic E-state index is 0.0282. The third-order valence-electron chi connectivity index (χ3n) is 14.7. The van der Waals surface area contributed by atoms with Gasteiger partial charge in [-0.15, -0.1) is 10.2 Å². The zero-order valence-electron chi connectivity index (χ0n) is 55.8. The molecule has 2 aromatic carbocycles. The highest BCUT2D eigenvalue weighted by Crippen LogP contribution is 2.41. The topological polar surface area (TPSA) is 369 Å². The lowest BCUT2D eigenvalue weighted by atomic mass is 10.1. The first-order chi connectivity index (χ1) is 46.1. The number of benzene rings is 2. The van der Waals surface area contributed by atoms with Crippen molar-refractivity contribution in [3.63, 3.8) is 0 Å². The van der Waals surface area contributed by atoms with Gasteiger partial charge in [0.15, 0.2) is 15.7 Å². The number of azo groups is 1. The Bertz CT molecular complexity index is 2880. The van der Waals surface area contributed by atoms with Gasteiger partial charge in [0.05, 0.1) is 58.6 Å². The Balaban J connectivity index is 1.48. The number of unbranched alkanes of at least 4 members (excludes halogenated alkanes) is 12. The van der Waals surface area contributed by atoms with E-state index in [9.17, 15) is 42.4 Å². The van der Waals surface area contributed by atoms with Crippen LogP contribution in [0.25, 0.3) is 0 Å². The first-order valence-corrected chi connectivity index (χ1v) is 34.7. The van der Waals surface area contributed by atoms with E-state index in [2.05, 4.69) is 26.9 Å². The van der Waals surface area contributed by atoms with E-state index in [-0.39, 0.29) is 187 Å². The van der Waals surface area contributed by atoms with E-state index < -0.39 is 27.5 Å². The molecule has 0 saturated carbocycles. The molecule has 3 rings (SSSR count). The fourth-order valence-corrected chi connectivity index (χ4v) is 10.7. The van der Waals surface area contributed by atoms with E-state index in [4.69, 9.17) is 62.9 Å². The Morgan fingerprint density at radius 1 is 0.526 bits per heavy atom. The number of esters is 6. The highest BCUT2D eigenvalue weighted by Gasteiger charge is 2.26. The zero-order chi connectivity index (χ0) is 69.2. The second-order valence-electron chi connectivity index (χ2n) is 22.2. The van der Waals surface area contributed by atoms with Crippen LogP contribution < -0.4 is 20.1 Å². The molecule has 0 aliphatic rings. The summed E-state index contributed by atoms with van der Waals surface area (Å²) in [5.74, 6) is -2.03. The molecule has 1 heterocycles. The van der Waals surface area contributed by atoms with Crippen LogP contribution in [0.15, 0.2) is 57.6 Å². The number of rotatable bonds is 56. The first-order valence-electron chi connectivity index (χ1n) is 33.1. The van der Waals surface area contributed by atoms with Crippen molar-refractivity contribution in [1.82, 2.24) is 9.88 Å². The molecule has 0 saturated heterocycles. The number of pyridine rings is 1. The van der Waals surface area contributed by atoms with Crippen LogP contribution in [0.5, 0.6) is 11.5 Å². The number of aliphatic hydroxyl groups excluding tert-OH is 3. The number of hydrogen-bond donors (Lipinski definition) is 5. The molecule has 530 valence electrons. The molecule has 95 heavy (non-hydrogen) atoms. The number of nitriles is 1. The molecule has 0 aliphatic carbocycles. The molecule has 0 radical (unpaired) electrons. The van der Waals surface area contributed by atoms with Crippen molar-refractivity contribution in [3.8, 4) is 17.6 Å². The molecule has 0 unspecified atom stereocenters. The van der Waals surface area contributed by atoms with Gasteiger partial charge in [-0.05, 0) is 115 Å². The number of methoxy groups -OCH3 is 2. The van der Waals surface area contributed by atoms with Crippen molar-refractivity contribution in [2.24, 2.45) is 10.2 Å². The van der Waals surface area contributed by atoms with Gasteiger partial charge < -0.3 is 68.6 Å². The number of sulfone groups is 1. The molecule has 28 heteroatoms. The maximum absolute atomic E-state index is 14.1. The van der Waals surface area contributed by atoms with Gasteiger partial charge in [-0.25, -0.2) is 13.4 Å². The average Bonchev–Trinajstić information content (AvgIpc) is 0.799. The number of anilines is 3. The normalized spacial score (nSPS) is 11.3. The Morgan fingerprint density at radius 3 is 1.41 bits per heavy atom. The molecule has 0 aliphatic heterocycles. The first kappa shape index (κ1) is 81.7. The van der Waals surface area contributed by atoms with E-state index in [1.807, 2.05) is 30.3 Å². The van der Waals surface area contributed by atoms with Crippen LogP contribution >= 0.6 is 0 Å². The molecule has 0 bridgehead atoms. The van der Waals surface area contributed by atoms with Crippen molar-refractivity contribution in [1.29, 1.82) is 5.26 Å². The highest BCUT2D eigenvalue weighted by molar-refractivity contribution is 7.91. The molecule has 0 amide bonds. The summed E-state index contributed by atoms with van der Waals surface area (Å²) in [6.07, 6.45) is 13.0. The van der Waals surface area contributed by atoms with E-state index in [1.54, 1.807) is 11.8 Å². The predicted octanol–water partition coefficient (Wildman–Crippen LogP) is 9.54. The number of aliphatic hydroxyl groups is 3. The van der Waals surface area contributed by atoms with Crippen LogP contribution in [0.4, 0.5) is 28.7 Å². The number of para-hydroxylation sites is 1. The van der Waals surface area contributed by atoms with Crippen LogP contribution in [0.2, 0.25) is 0 Å². The lowest BCUT2D eigenvalue weighted by molar-refractivity contribution is -0.146. The summed E-state index contributed by atoms with van der Waals surface area (Å²) in [4.78, 5) is 79.3. The summed E-state index contributed by atoms with van der Waals surface area (Å²) in [7, 11) is -1.47. The summed E-state index contributed by atoms with van der Waals surface area (Å²) in [5, 5.41) is 52.7. The largest absolute Gasteiger partial charge is 0.495 e. The standard InChI is InChI=1S/C67H101N7O20S/c1-52-54(51-68)66(69-33-43-88-46-47-94-64(83)32-18-10-24-42-91-61(80)31-17-9-23-41-90-60(79)30-16-8-22-40-89-59(78)27-13-5-19-37-75)71-67(70-53-25-11-4-12-26-53)65(52)73-72-55-49-57(87-3)58(50-56(55)86-2)95(84,85)48-36-74(34-44-92-62(81)28-14-6-20-38-76)35-45-93-63(82)29-15-7-21-39-77/h4,11-12,25-26,49-50,75-77H,5-10,13-24,27-48H2,1-3H3,(H2,69,70,71)/b73-72+. The highest BCUT2D eigenvalue weighted by atomic mass is 32.2. The molecule has 0 atom stereocenters. The summed E-state index contributed by atoms with van der Waals surface area (Å²) >= 11 is 0. The van der Waals surface area contributed by atoms with Gasteiger partial charge in [-0.1, -0.05) is 37.5 Å². The van der Waals surface area contributed by atoms with Crippen LogP contribution in [-0.2, 0) is 71.8 Å². The fourth-order valence-electron chi connectivity index (χ4n) is 9.24. The SMILES string of the molecule is COc1cc(S(=O)(=O)CCN(CCOC(=O)CCCCCO)CCOC(=O)CCCCCO)c(OC)cc1/N=N/c1c(Nc2ccccc2)nc(NCCOCCOC(=O)CCCCCOC(=O)CCCCCOC(=O)CCCCCOC(=O)CCCCCO)c(C#N)c1C. The smallest absolute Gasteiger partial charge is 0.305 e. The Kier molecular flexibility index (Phi) is 43.7. The maximum atomic E-state index is 14.1. The minimum Gasteiger partial charge on any atom is -0.495 e. The second-order valence-corrected chi connectivity index (χ2v) is 24.3. The van der Waals surface area contributed by atoms with Crippen LogP contribution in [-0.4, -0.2) is 188 Å². The molecular weight excluding hydrogens is 1250 g/mol. The number of ether oxygens (including phenoxy) is 9. The van der Waals surface area contributed by atoms with Crippen LogP contribution in [0, 0.1) is 18.3 Å². The van der Waals surface area contributed by atoms with E-state index >= 15 is 0 Å². The Morgan fingerprint density at radius 2 is 0.968 bits per heavy atom. The molecule has 0 fully saturated rings. The maximum Gasteiger partial charge on any atom is 0.305 e. The van der Waals surface area contributed by atoms with Gasteiger partial charge in [0.25, 0.3) is 0 Å². The average molecular weight is 1360 g/mol. The number of carbonyl (C=O) groups excluding carboxylic acids is 6. The number of hydrogen-bond acceptors (Lipinski definition) is 27. The van der Waals surface area contributed by atoms with Crippen molar-refractivity contribution >= 4 is 74.4 Å². The van der Waals surface area contributed by atoms with Crippen molar-refractivity contribution in [2.45, 2.75) is 166 Å². The van der Waals surface area contributed by atoms with E-state index in [1.165, 1.54) is 26.4 Å². The zero-order valence-corrected chi connectivity index (χ0v) is 56.6. The lowest BCUT2D eigenvalue weighted by Crippen LogP contribution is -2.36. The van der Waals surface area contributed by atoms with Crippen molar-refractivity contribution < 1.29 is 95.1 Å². The van der Waals surface area contributed by atoms with Gasteiger partial charge in [0, 0.05) is 108 Å². The number of nitrogens with zero attached hydrogens (tertiary/aromatic N) is 5. The summed E-state index contributed by atoms with van der Waals surface area (Å²) in [6.45, 7) is 3.43. The number of aromatic nitrogens is 1. The van der Waals surface area contributed by atoms with Gasteiger partial charge in [-0.3, -0.25) is 33.7 Å².